The van der Waals surface area contributed by atoms with Crippen molar-refractivity contribution < 1.29 is 9.47 Å². The van der Waals surface area contributed by atoms with E-state index < -0.39 is 0 Å². The average Bonchev–Trinajstić information content (AvgIpc) is 3.28. The van der Waals surface area contributed by atoms with E-state index in [-0.39, 0.29) is 5.41 Å². The van der Waals surface area contributed by atoms with Gasteiger partial charge in [0.1, 0.15) is 0 Å². The lowest BCUT2D eigenvalue weighted by Gasteiger charge is -2.37. The van der Waals surface area contributed by atoms with Crippen LogP contribution in [0.15, 0.2) is 29.3 Å². The van der Waals surface area contributed by atoms with E-state index in [1.807, 2.05) is 12.1 Å². The van der Waals surface area contributed by atoms with Crippen LogP contribution in [-0.4, -0.2) is 87.5 Å². The van der Waals surface area contributed by atoms with Crippen LogP contribution in [0.1, 0.15) is 31.7 Å². The lowest BCUT2D eigenvalue weighted by Crippen LogP contribution is -2.47. The fraction of sp³-hybridized carbons (Fsp3) is 0.696. The van der Waals surface area contributed by atoms with Crippen LogP contribution in [0.4, 0.5) is 0 Å². The molecule has 1 aromatic carbocycles. The molecule has 0 spiro atoms. The van der Waals surface area contributed by atoms with Crippen LogP contribution in [0.5, 0.6) is 0 Å². The predicted molar refractivity (Wildman–Crippen MR) is 122 cm³/mol. The first-order valence-corrected chi connectivity index (χ1v) is 11.8. The molecule has 3 fully saturated rings. The smallest absolute Gasteiger partial charge is 0.193 e. The van der Waals surface area contributed by atoms with E-state index in [4.69, 9.17) is 26.1 Å². The molecule has 3 aliphatic rings. The minimum Gasteiger partial charge on any atom is -0.381 e. The quantitative estimate of drug-likeness (QED) is 0.570. The summed E-state index contributed by atoms with van der Waals surface area (Å²) in [5.41, 5.74) is 1.16. The number of guanidine groups is 1. The molecule has 3 aliphatic heterocycles. The highest BCUT2D eigenvalue weighted by molar-refractivity contribution is 6.31. The third-order valence-electron chi connectivity index (χ3n) is 6.79. The number of rotatable bonds is 5. The summed E-state index contributed by atoms with van der Waals surface area (Å²) in [5, 5.41) is 4.38. The molecule has 1 N–H and O–H groups in total. The number of nitrogens with zero attached hydrogens (tertiary/aromatic N) is 3. The van der Waals surface area contributed by atoms with Gasteiger partial charge in [0.15, 0.2) is 5.96 Å². The van der Waals surface area contributed by atoms with Crippen molar-refractivity contribution in [1.29, 1.82) is 0 Å². The summed E-state index contributed by atoms with van der Waals surface area (Å²) >= 11 is 6.62. The number of benzene rings is 1. The number of morpholine rings is 1. The van der Waals surface area contributed by atoms with Crippen molar-refractivity contribution in [2.75, 3.05) is 65.7 Å². The zero-order chi connectivity index (χ0) is 20.8. The summed E-state index contributed by atoms with van der Waals surface area (Å²) in [6.45, 7) is 11.2. The van der Waals surface area contributed by atoms with Crippen molar-refractivity contribution in [2.45, 2.75) is 37.6 Å². The van der Waals surface area contributed by atoms with E-state index in [0.29, 0.717) is 6.04 Å². The highest BCUT2D eigenvalue weighted by atomic mass is 35.5. The molecule has 0 aliphatic carbocycles. The summed E-state index contributed by atoms with van der Waals surface area (Å²) in [6, 6.07) is 8.85. The lowest BCUT2D eigenvalue weighted by molar-refractivity contribution is 0.0194. The predicted octanol–water partition coefficient (Wildman–Crippen LogP) is 2.76. The van der Waals surface area contributed by atoms with E-state index in [1.54, 1.807) is 0 Å². The first-order chi connectivity index (χ1) is 14.7. The van der Waals surface area contributed by atoms with Gasteiger partial charge in [-0.3, -0.25) is 9.89 Å². The molecule has 3 heterocycles. The molecule has 1 aromatic rings. The number of nitrogens with one attached hydrogen (secondary N) is 1. The molecule has 30 heavy (non-hydrogen) atoms. The van der Waals surface area contributed by atoms with Gasteiger partial charge in [0.2, 0.25) is 0 Å². The second kappa shape index (κ2) is 10.3. The van der Waals surface area contributed by atoms with Gasteiger partial charge >= 0.3 is 0 Å². The summed E-state index contributed by atoms with van der Waals surface area (Å²) in [7, 11) is 0. The maximum Gasteiger partial charge on any atom is 0.193 e. The first-order valence-electron chi connectivity index (χ1n) is 11.4. The van der Waals surface area contributed by atoms with E-state index in [9.17, 15) is 0 Å². The minimum absolute atomic E-state index is 0.0550. The number of hydrogen-bond donors (Lipinski definition) is 1. The SMILES string of the molecule is CCNC(=NCC1(c2ccccc2Cl)CCOCC1)N1CCC(N2CCOCC2)C1. The largest absolute Gasteiger partial charge is 0.381 e. The van der Waals surface area contributed by atoms with Crippen LogP contribution in [0.2, 0.25) is 5.02 Å². The van der Waals surface area contributed by atoms with Gasteiger partial charge in [-0.05, 0) is 37.8 Å². The van der Waals surface area contributed by atoms with Crippen molar-refractivity contribution in [3.8, 4) is 0 Å². The van der Waals surface area contributed by atoms with E-state index >= 15 is 0 Å². The van der Waals surface area contributed by atoms with Gasteiger partial charge in [-0.15, -0.1) is 0 Å². The molecule has 1 unspecified atom stereocenters. The molecule has 0 saturated carbocycles. The normalized spacial score (nSPS) is 25.5. The van der Waals surface area contributed by atoms with Gasteiger partial charge < -0.3 is 19.7 Å². The molecular weight excluding hydrogens is 400 g/mol. The third-order valence-corrected chi connectivity index (χ3v) is 7.12. The molecule has 0 aromatic heterocycles. The molecule has 166 valence electrons. The number of likely N-dealkylation sites (tertiary alicyclic amines) is 1. The Labute approximate surface area is 185 Å². The van der Waals surface area contributed by atoms with Gasteiger partial charge in [0.25, 0.3) is 0 Å². The number of aliphatic imine (C=N–C) groups is 1. The molecule has 3 saturated heterocycles. The second-order valence-electron chi connectivity index (χ2n) is 8.58. The van der Waals surface area contributed by atoms with Crippen LogP contribution in [0.25, 0.3) is 0 Å². The molecular formula is C23H35ClN4O2. The Bertz CT molecular complexity index is 717. The highest BCUT2D eigenvalue weighted by Crippen LogP contribution is 2.39. The zero-order valence-corrected chi connectivity index (χ0v) is 18.9. The maximum absolute atomic E-state index is 6.62. The number of ether oxygens (including phenoxy) is 2. The Morgan fingerprint density at radius 2 is 1.87 bits per heavy atom. The molecule has 4 rings (SSSR count). The second-order valence-corrected chi connectivity index (χ2v) is 8.99. The Morgan fingerprint density at radius 3 is 2.60 bits per heavy atom. The van der Waals surface area contributed by atoms with Crippen LogP contribution >= 0.6 is 11.6 Å². The molecule has 0 amide bonds. The van der Waals surface area contributed by atoms with Crippen LogP contribution < -0.4 is 5.32 Å². The molecule has 1 atom stereocenters. The summed E-state index contributed by atoms with van der Waals surface area (Å²) in [5.74, 6) is 1.03. The van der Waals surface area contributed by atoms with Gasteiger partial charge in [-0.25, -0.2) is 0 Å². The van der Waals surface area contributed by atoms with Gasteiger partial charge in [-0.1, -0.05) is 29.8 Å². The van der Waals surface area contributed by atoms with Gasteiger partial charge in [-0.2, -0.15) is 0 Å². The Kier molecular flexibility index (Phi) is 7.52. The highest BCUT2D eigenvalue weighted by Gasteiger charge is 2.37. The lowest BCUT2D eigenvalue weighted by atomic mass is 9.74. The van der Waals surface area contributed by atoms with Crippen molar-refractivity contribution in [1.82, 2.24) is 15.1 Å². The monoisotopic (exact) mass is 434 g/mol. The average molecular weight is 435 g/mol. The van der Waals surface area contributed by atoms with E-state index in [0.717, 1.165) is 89.5 Å². The first kappa shape index (κ1) is 21.9. The topological polar surface area (TPSA) is 49.3 Å². The van der Waals surface area contributed by atoms with Crippen molar-refractivity contribution >= 4 is 17.6 Å². The Hall–Kier alpha value is -1.34. The Morgan fingerprint density at radius 1 is 1.13 bits per heavy atom. The Balaban J connectivity index is 1.50. The van der Waals surface area contributed by atoms with Crippen molar-refractivity contribution in [2.24, 2.45) is 4.99 Å². The van der Waals surface area contributed by atoms with Crippen LogP contribution in [0.3, 0.4) is 0 Å². The van der Waals surface area contributed by atoms with Gasteiger partial charge in [0, 0.05) is 62.4 Å². The standard InChI is InChI=1S/C23H35ClN4O2/c1-2-25-22(28-10-7-19(17-28)27-11-15-30-16-12-27)26-18-23(8-13-29-14-9-23)20-5-3-4-6-21(20)24/h3-6,19H,2,7-18H2,1H3,(H,25,26). The molecule has 6 nitrogen and oxygen atoms in total. The number of halogens is 1. The minimum atomic E-state index is -0.0550. The van der Waals surface area contributed by atoms with Gasteiger partial charge in [0.05, 0.1) is 19.8 Å². The van der Waals surface area contributed by atoms with E-state index in [2.05, 4.69) is 34.2 Å². The van der Waals surface area contributed by atoms with Crippen molar-refractivity contribution in [3.05, 3.63) is 34.9 Å². The molecule has 0 bridgehead atoms. The number of hydrogen-bond acceptors (Lipinski definition) is 4. The summed E-state index contributed by atoms with van der Waals surface area (Å²) in [6.07, 6.45) is 3.10. The molecule has 7 heteroatoms. The van der Waals surface area contributed by atoms with E-state index in [1.165, 1.54) is 12.0 Å². The summed E-state index contributed by atoms with van der Waals surface area (Å²) < 4.78 is 11.2. The zero-order valence-electron chi connectivity index (χ0n) is 18.1. The third kappa shape index (κ3) is 4.93. The fourth-order valence-corrected chi connectivity index (χ4v) is 5.33. The molecule has 0 radical (unpaired) electrons. The fourth-order valence-electron chi connectivity index (χ4n) is 4.99. The van der Waals surface area contributed by atoms with Crippen LogP contribution in [-0.2, 0) is 14.9 Å². The van der Waals surface area contributed by atoms with Crippen LogP contribution in [0, 0.1) is 0 Å². The maximum atomic E-state index is 6.62. The van der Waals surface area contributed by atoms with Crippen molar-refractivity contribution in [3.63, 3.8) is 0 Å². The summed E-state index contributed by atoms with van der Waals surface area (Å²) in [4.78, 5) is 10.2.